The van der Waals surface area contributed by atoms with Crippen molar-refractivity contribution in [2.24, 2.45) is 17.8 Å². The number of fused-ring (bicyclic) bond motifs is 1. The number of aromatic nitrogens is 2. The van der Waals surface area contributed by atoms with E-state index in [-0.39, 0.29) is 0 Å². The van der Waals surface area contributed by atoms with Crippen LogP contribution >= 0.6 is 0 Å². The van der Waals surface area contributed by atoms with Crippen molar-refractivity contribution >= 4 is 12.0 Å². The lowest BCUT2D eigenvalue weighted by atomic mass is 9.62. The molecule has 5 nitrogen and oxygen atoms in total. The number of carbonyl (C=O) groups is 1. The van der Waals surface area contributed by atoms with Gasteiger partial charge in [0.15, 0.2) is 5.60 Å². The quantitative estimate of drug-likeness (QED) is 0.605. The van der Waals surface area contributed by atoms with Gasteiger partial charge in [-0.2, -0.15) is 4.39 Å². The molecule has 1 saturated heterocycles. The lowest BCUT2D eigenvalue weighted by Gasteiger charge is -2.45. The molecule has 2 aromatic rings. The second kappa shape index (κ2) is 7.19. The van der Waals surface area contributed by atoms with Gasteiger partial charge in [-0.05, 0) is 37.1 Å². The number of alkyl halides is 2. The minimum atomic E-state index is -3.22. The highest BCUT2D eigenvalue weighted by atomic mass is 19.3. The molecule has 1 saturated carbocycles. The van der Waals surface area contributed by atoms with Crippen LogP contribution in [0.5, 0.6) is 0 Å². The summed E-state index contributed by atoms with van der Waals surface area (Å²) in [6.07, 6.45) is 4.33. The van der Waals surface area contributed by atoms with E-state index < -0.39 is 53.7 Å². The highest BCUT2D eigenvalue weighted by molar-refractivity contribution is 5.83. The van der Waals surface area contributed by atoms with Crippen LogP contribution in [0.2, 0.25) is 0 Å². The first-order chi connectivity index (χ1) is 14.1. The monoisotopic (exact) mass is 418 g/mol. The number of nitrogens with zero attached hydrogens (tertiary/aromatic N) is 2. The molecule has 1 N–H and O–H groups in total. The van der Waals surface area contributed by atoms with Crippen molar-refractivity contribution in [3.05, 3.63) is 54.4 Å². The summed E-state index contributed by atoms with van der Waals surface area (Å²) >= 11 is 0. The van der Waals surface area contributed by atoms with Gasteiger partial charge in [0.1, 0.15) is 6.10 Å². The third-order valence-corrected chi connectivity index (χ3v) is 6.21. The minimum Gasteiger partial charge on any atom is -0.460 e. The third kappa shape index (κ3) is 3.29. The zero-order valence-electron chi connectivity index (χ0n) is 16.4. The van der Waals surface area contributed by atoms with E-state index in [1.165, 1.54) is 19.3 Å². The van der Waals surface area contributed by atoms with E-state index in [0.717, 1.165) is 0 Å². The van der Waals surface area contributed by atoms with Crippen molar-refractivity contribution in [1.29, 1.82) is 0 Å². The summed E-state index contributed by atoms with van der Waals surface area (Å²) in [6, 6.07) is 6.49. The first-order valence-corrected chi connectivity index (χ1v) is 9.70. The Morgan fingerprint density at radius 2 is 2.00 bits per heavy atom. The fourth-order valence-electron chi connectivity index (χ4n) is 4.56. The van der Waals surface area contributed by atoms with Crippen LogP contribution in [0.25, 0.3) is 17.2 Å². The SMILES string of the molecule is C[C@H]1OC(=O)[C@]2(O)CC(F)(F)[C@@H](C)[C@H](/C=C/c3ccc(-c4cccnc4F)cn3)[C@H]12. The molecule has 1 aliphatic heterocycles. The fraction of sp³-hybridized carbons (Fsp3) is 0.409. The Hall–Kier alpha value is -2.74. The smallest absolute Gasteiger partial charge is 0.339 e. The Balaban J connectivity index is 1.62. The van der Waals surface area contributed by atoms with E-state index in [4.69, 9.17) is 4.74 Å². The zero-order valence-corrected chi connectivity index (χ0v) is 16.4. The van der Waals surface area contributed by atoms with Gasteiger partial charge in [0.2, 0.25) is 5.95 Å². The number of aliphatic hydroxyl groups is 1. The summed E-state index contributed by atoms with van der Waals surface area (Å²) in [5, 5.41) is 10.7. The van der Waals surface area contributed by atoms with Gasteiger partial charge in [-0.25, -0.2) is 18.6 Å². The van der Waals surface area contributed by atoms with Crippen LogP contribution in [-0.2, 0) is 9.53 Å². The lowest BCUT2D eigenvalue weighted by molar-refractivity contribution is -0.193. The van der Waals surface area contributed by atoms with Crippen LogP contribution in [0.15, 0.2) is 42.7 Å². The predicted octanol–water partition coefficient (Wildman–Crippen LogP) is 3.88. The fourth-order valence-corrected chi connectivity index (χ4v) is 4.56. The van der Waals surface area contributed by atoms with Crippen LogP contribution < -0.4 is 0 Å². The highest BCUT2D eigenvalue weighted by Crippen LogP contribution is 2.54. The highest BCUT2D eigenvalue weighted by Gasteiger charge is 2.67. The number of halogens is 3. The zero-order chi connectivity index (χ0) is 21.7. The molecule has 0 radical (unpaired) electrons. The normalized spacial score (nSPS) is 32.8. The summed E-state index contributed by atoms with van der Waals surface area (Å²) in [5.74, 6) is -7.50. The Labute approximate surface area is 171 Å². The molecule has 30 heavy (non-hydrogen) atoms. The summed E-state index contributed by atoms with van der Waals surface area (Å²) in [6.45, 7) is 3.01. The molecule has 3 heterocycles. The number of rotatable bonds is 3. The summed E-state index contributed by atoms with van der Waals surface area (Å²) < 4.78 is 48.1. The third-order valence-electron chi connectivity index (χ3n) is 6.21. The number of cyclic esters (lactones) is 1. The number of hydrogen-bond donors (Lipinski definition) is 1. The molecule has 0 aromatic carbocycles. The second-order valence-electron chi connectivity index (χ2n) is 8.04. The predicted molar refractivity (Wildman–Crippen MR) is 103 cm³/mol. The molecule has 0 spiro atoms. The number of esters is 1. The maximum Gasteiger partial charge on any atom is 0.339 e. The molecular weight excluding hydrogens is 397 g/mol. The van der Waals surface area contributed by atoms with E-state index in [1.54, 1.807) is 43.3 Å². The second-order valence-corrected chi connectivity index (χ2v) is 8.04. The van der Waals surface area contributed by atoms with Crippen LogP contribution in [0.4, 0.5) is 13.2 Å². The Morgan fingerprint density at radius 3 is 2.67 bits per heavy atom. The van der Waals surface area contributed by atoms with Gasteiger partial charge in [0.25, 0.3) is 5.92 Å². The van der Waals surface area contributed by atoms with Gasteiger partial charge in [0.05, 0.1) is 12.1 Å². The van der Waals surface area contributed by atoms with Crippen molar-refractivity contribution in [3.8, 4) is 11.1 Å². The molecular formula is C22H21F3N2O3. The summed E-state index contributed by atoms with van der Waals surface area (Å²) in [4.78, 5) is 19.9. The maximum absolute atomic E-state index is 14.6. The molecule has 2 aromatic heterocycles. The topological polar surface area (TPSA) is 72.3 Å². The van der Waals surface area contributed by atoms with Crippen molar-refractivity contribution < 1.29 is 27.8 Å². The molecule has 8 heteroatoms. The molecule has 158 valence electrons. The first-order valence-electron chi connectivity index (χ1n) is 9.70. The van der Waals surface area contributed by atoms with Gasteiger partial charge < -0.3 is 9.84 Å². The number of hydrogen-bond acceptors (Lipinski definition) is 5. The number of carbonyl (C=O) groups excluding carboxylic acids is 1. The van der Waals surface area contributed by atoms with E-state index in [9.17, 15) is 23.1 Å². The number of allylic oxidation sites excluding steroid dienone is 1. The number of pyridine rings is 2. The molecule has 0 unspecified atom stereocenters. The van der Waals surface area contributed by atoms with Gasteiger partial charge in [0, 0.05) is 35.4 Å². The molecule has 2 fully saturated rings. The van der Waals surface area contributed by atoms with E-state index >= 15 is 0 Å². The van der Waals surface area contributed by atoms with Gasteiger partial charge in [-0.15, -0.1) is 0 Å². The van der Waals surface area contributed by atoms with Crippen molar-refractivity contribution in [3.63, 3.8) is 0 Å². The van der Waals surface area contributed by atoms with Crippen molar-refractivity contribution in [1.82, 2.24) is 9.97 Å². The summed E-state index contributed by atoms with van der Waals surface area (Å²) in [7, 11) is 0. The Morgan fingerprint density at radius 1 is 1.23 bits per heavy atom. The average molecular weight is 418 g/mol. The molecule has 2 aliphatic rings. The van der Waals surface area contributed by atoms with Crippen LogP contribution in [-0.4, -0.2) is 38.7 Å². The van der Waals surface area contributed by atoms with Gasteiger partial charge in [-0.1, -0.05) is 19.1 Å². The minimum absolute atomic E-state index is 0.307. The van der Waals surface area contributed by atoms with Crippen LogP contribution in [0.3, 0.4) is 0 Å². The maximum atomic E-state index is 14.6. The number of ether oxygens (including phenoxy) is 1. The molecule has 0 amide bonds. The molecule has 0 bridgehead atoms. The molecule has 4 rings (SSSR count). The van der Waals surface area contributed by atoms with Gasteiger partial charge in [-0.3, -0.25) is 4.98 Å². The van der Waals surface area contributed by atoms with E-state index in [2.05, 4.69) is 9.97 Å². The summed E-state index contributed by atoms with van der Waals surface area (Å²) in [5.41, 5.74) is -0.889. The Kier molecular flexibility index (Phi) is 4.92. The first kappa shape index (κ1) is 20.5. The largest absolute Gasteiger partial charge is 0.460 e. The van der Waals surface area contributed by atoms with Gasteiger partial charge >= 0.3 is 5.97 Å². The Bertz CT molecular complexity index is 995. The van der Waals surface area contributed by atoms with Crippen molar-refractivity contribution in [2.45, 2.75) is 37.9 Å². The standard InChI is InChI=1S/C22H21F3N2O3/c1-12-16(18-13(2)30-20(28)21(18,29)11-22(12,24)25)8-7-15-6-5-14(10-27-15)17-4-3-9-26-19(17)23/h3-10,12-13,16,18,29H,11H2,1-2H3/b8-7+/t12-,13+,16-,18-,21-/m0/s1. The average Bonchev–Trinajstić information content (AvgIpc) is 2.91. The lowest BCUT2D eigenvalue weighted by Crippen LogP contribution is -2.57. The van der Waals surface area contributed by atoms with E-state index in [0.29, 0.717) is 16.8 Å². The molecule has 5 atom stereocenters. The van der Waals surface area contributed by atoms with E-state index in [1.807, 2.05) is 0 Å². The van der Waals surface area contributed by atoms with Crippen LogP contribution in [0, 0.1) is 23.7 Å². The molecule has 1 aliphatic carbocycles. The van der Waals surface area contributed by atoms with Crippen LogP contribution in [0.1, 0.15) is 26.0 Å². The van der Waals surface area contributed by atoms with Crippen molar-refractivity contribution in [2.75, 3.05) is 0 Å².